The van der Waals surface area contributed by atoms with Crippen LogP contribution in [0.5, 0.6) is 0 Å². The van der Waals surface area contributed by atoms with Crippen LogP contribution >= 0.6 is 11.6 Å². The summed E-state index contributed by atoms with van der Waals surface area (Å²) in [6.45, 7) is 8.06. The summed E-state index contributed by atoms with van der Waals surface area (Å²) < 4.78 is 2.40. The summed E-state index contributed by atoms with van der Waals surface area (Å²) in [6, 6.07) is 9.07. The fourth-order valence-corrected chi connectivity index (χ4v) is 3.51. The maximum Gasteiger partial charge on any atom is 0.111 e. The third kappa shape index (κ3) is 3.09. The lowest BCUT2D eigenvalue weighted by molar-refractivity contribution is 0.261. The number of hydrogen-bond donors (Lipinski definition) is 0. The van der Waals surface area contributed by atoms with Crippen molar-refractivity contribution in [1.82, 2.24) is 14.5 Å². The summed E-state index contributed by atoms with van der Waals surface area (Å²) in [6.07, 6.45) is 2.13. The van der Waals surface area contributed by atoms with Crippen LogP contribution in [0.3, 0.4) is 0 Å². The smallest absolute Gasteiger partial charge is 0.111 e. The predicted octanol–water partition coefficient (Wildman–Crippen LogP) is 3.55. The number of fused-ring (bicyclic) bond motifs is 1. The van der Waals surface area contributed by atoms with E-state index < -0.39 is 0 Å². The first-order valence-corrected chi connectivity index (χ1v) is 8.46. The molecule has 0 spiro atoms. The van der Waals surface area contributed by atoms with E-state index in [2.05, 4.69) is 47.6 Å². The number of para-hydroxylation sites is 2. The number of likely N-dealkylation sites (tertiary alicyclic amines) is 1. The zero-order chi connectivity index (χ0) is 14.8. The zero-order valence-corrected chi connectivity index (χ0v) is 13.7. The Hall–Kier alpha value is -1.06. The van der Waals surface area contributed by atoms with Crippen LogP contribution in [0.15, 0.2) is 24.3 Å². The third-order valence-electron chi connectivity index (χ3n) is 4.54. The van der Waals surface area contributed by atoms with Crippen LogP contribution in [-0.2, 0) is 13.0 Å². The Morgan fingerprint density at radius 1 is 1.33 bits per heavy atom. The van der Waals surface area contributed by atoms with Gasteiger partial charge in [0.1, 0.15) is 5.82 Å². The molecule has 0 saturated carbocycles. The monoisotopic (exact) mass is 305 g/mol. The second-order valence-corrected chi connectivity index (χ2v) is 6.69. The molecule has 114 valence electrons. The van der Waals surface area contributed by atoms with Crippen LogP contribution in [0, 0.1) is 5.92 Å². The first-order valence-electron chi connectivity index (χ1n) is 7.93. The molecule has 1 unspecified atom stereocenters. The summed E-state index contributed by atoms with van der Waals surface area (Å²) in [7, 11) is 0. The van der Waals surface area contributed by atoms with Gasteiger partial charge in [0.15, 0.2) is 0 Å². The molecule has 1 fully saturated rings. The van der Waals surface area contributed by atoms with Crippen molar-refractivity contribution in [2.24, 2.45) is 5.92 Å². The Morgan fingerprint density at radius 2 is 2.14 bits per heavy atom. The SMILES string of the molecule is CC(C)N1CCC(Cn2c(CCCl)nc3ccccc32)C1. The van der Waals surface area contributed by atoms with Gasteiger partial charge >= 0.3 is 0 Å². The average molecular weight is 306 g/mol. The maximum absolute atomic E-state index is 5.96. The van der Waals surface area contributed by atoms with Crippen LogP contribution < -0.4 is 0 Å². The Kier molecular flexibility index (Phi) is 4.51. The number of alkyl halides is 1. The number of aryl methyl sites for hydroxylation is 1. The highest BCUT2D eigenvalue weighted by molar-refractivity contribution is 6.17. The fraction of sp³-hybridized carbons (Fsp3) is 0.588. The molecule has 0 bridgehead atoms. The number of imidazole rings is 1. The van der Waals surface area contributed by atoms with Gasteiger partial charge in [-0.3, -0.25) is 0 Å². The van der Waals surface area contributed by atoms with Crippen molar-refractivity contribution in [3.05, 3.63) is 30.1 Å². The minimum Gasteiger partial charge on any atom is -0.328 e. The first-order chi connectivity index (χ1) is 10.2. The summed E-state index contributed by atoms with van der Waals surface area (Å²) in [5.74, 6) is 2.49. The number of benzene rings is 1. The second-order valence-electron chi connectivity index (χ2n) is 6.31. The Balaban J connectivity index is 1.84. The molecule has 1 aromatic carbocycles. The van der Waals surface area contributed by atoms with E-state index in [1.807, 2.05) is 0 Å². The topological polar surface area (TPSA) is 21.1 Å². The molecule has 1 aromatic heterocycles. The number of rotatable bonds is 5. The van der Waals surface area contributed by atoms with Gasteiger partial charge in [0.25, 0.3) is 0 Å². The third-order valence-corrected chi connectivity index (χ3v) is 4.73. The zero-order valence-electron chi connectivity index (χ0n) is 12.9. The van der Waals surface area contributed by atoms with E-state index in [9.17, 15) is 0 Å². The molecule has 1 aliphatic heterocycles. The maximum atomic E-state index is 5.96. The molecule has 1 atom stereocenters. The standard InChI is InChI=1S/C17H24ClN3/c1-13(2)20-10-8-14(11-20)12-21-16-6-4-3-5-15(16)19-17(21)7-9-18/h3-6,13-14H,7-12H2,1-2H3. The van der Waals surface area contributed by atoms with Gasteiger partial charge in [-0.25, -0.2) is 4.98 Å². The number of halogens is 1. The molecule has 1 aliphatic rings. The van der Waals surface area contributed by atoms with Crippen molar-refractivity contribution in [2.75, 3.05) is 19.0 Å². The Morgan fingerprint density at radius 3 is 2.86 bits per heavy atom. The van der Waals surface area contributed by atoms with Gasteiger partial charge in [-0.1, -0.05) is 12.1 Å². The lowest BCUT2D eigenvalue weighted by Gasteiger charge is -2.20. The van der Waals surface area contributed by atoms with Crippen LogP contribution in [0.25, 0.3) is 11.0 Å². The van der Waals surface area contributed by atoms with E-state index in [1.165, 1.54) is 25.0 Å². The van der Waals surface area contributed by atoms with Gasteiger partial charge in [-0.15, -0.1) is 11.6 Å². The molecule has 21 heavy (non-hydrogen) atoms. The van der Waals surface area contributed by atoms with E-state index in [0.29, 0.717) is 11.9 Å². The largest absolute Gasteiger partial charge is 0.328 e. The molecule has 1 saturated heterocycles. The molecular weight excluding hydrogens is 282 g/mol. The van der Waals surface area contributed by atoms with Crippen LogP contribution in [0.4, 0.5) is 0 Å². The van der Waals surface area contributed by atoms with Crippen molar-refractivity contribution in [3.63, 3.8) is 0 Å². The Labute approximate surface area is 131 Å². The van der Waals surface area contributed by atoms with Gasteiger partial charge in [0.2, 0.25) is 0 Å². The minimum absolute atomic E-state index is 0.631. The molecule has 0 amide bonds. The molecule has 0 aliphatic carbocycles. The van der Waals surface area contributed by atoms with Crippen LogP contribution in [0.1, 0.15) is 26.1 Å². The normalized spacial score (nSPS) is 19.9. The van der Waals surface area contributed by atoms with Crippen molar-refractivity contribution in [2.45, 2.75) is 39.3 Å². The highest BCUT2D eigenvalue weighted by Gasteiger charge is 2.25. The van der Waals surface area contributed by atoms with Crippen LogP contribution in [0.2, 0.25) is 0 Å². The fourth-order valence-electron chi connectivity index (χ4n) is 3.34. The summed E-state index contributed by atoms with van der Waals surface area (Å²) in [5, 5.41) is 0. The van der Waals surface area contributed by atoms with Gasteiger partial charge < -0.3 is 9.47 Å². The van der Waals surface area contributed by atoms with E-state index in [1.54, 1.807) is 0 Å². The van der Waals surface area contributed by atoms with Crippen molar-refractivity contribution >= 4 is 22.6 Å². The summed E-state index contributed by atoms with van der Waals surface area (Å²) in [4.78, 5) is 7.34. The van der Waals surface area contributed by atoms with E-state index in [0.717, 1.165) is 30.2 Å². The number of nitrogens with zero attached hydrogens (tertiary/aromatic N) is 3. The van der Waals surface area contributed by atoms with Crippen molar-refractivity contribution in [3.8, 4) is 0 Å². The summed E-state index contributed by atoms with van der Waals surface area (Å²) in [5.41, 5.74) is 2.34. The van der Waals surface area contributed by atoms with E-state index >= 15 is 0 Å². The van der Waals surface area contributed by atoms with Crippen molar-refractivity contribution in [1.29, 1.82) is 0 Å². The highest BCUT2D eigenvalue weighted by Crippen LogP contribution is 2.24. The highest BCUT2D eigenvalue weighted by atomic mass is 35.5. The molecule has 2 heterocycles. The molecule has 3 rings (SSSR count). The lowest BCUT2D eigenvalue weighted by atomic mass is 10.1. The summed E-state index contributed by atoms with van der Waals surface area (Å²) >= 11 is 5.96. The molecule has 0 radical (unpaired) electrons. The van der Waals surface area contributed by atoms with Gasteiger partial charge in [0.05, 0.1) is 11.0 Å². The average Bonchev–Trinajstić information content (AvgIpc) is 3.06. The van der Waals surface area contributed by atoms with Gasteiger partial charge in [0, 0.05) is 31.4 Å². The lowest BCUT2D eigenvalue weighted by Crippen LogP contribution is -2.28. The molecule has 2 aromatic rings. The van der Waals surface area contributed by atoms with Crippen LogP contribution in [-0.4, -0.2) is 39.5 Å². The first kappa shape index (κ1) is 14.9. The Bertz CT molecular complexity index is 605. The minimum atomic E-state index is 0.631. The molecular formula is C17H24ClN3. The predicted molar refractivity (Wildman–Crippen MR) is 89.0 cm³/mol. The van der Waals surface area contributed by atoms with E-state index in [4.69, 9.17) is 16.6 Å². The van der Waals surface area contributed by atoms with Gasteiger partial charge in [-0.05, 0) is 44.9 Å². The quantitative estimate of drug-likeness (QED) is 0.788. The van der Waals surface area contributed by atoms with Gasteiger partial charge in [-0.2, -0.15) is 0 Å². The van der Waals surface area contributed by atoms with Crippen molar-refractivity contribution < 1.29 is 0 Å². The number of hydrogen-bond acceptors (Lipinski definition) is 2. The number of aromatic nitrogens is 2. The second kappa shape index (κ2) is 6.37. The molecule has 4 heteroatoms. The molecule has 0 N–H and O–H groups in total. The van der Waals surface area contributed by atoms with E-state index in [-0.39, 0.29) is 0 Å². The molecule has 3 nitrogen and oxygen atoms in total.